The van der Waals surface area contributed by atoms with Crippen molar-refractivity contribution < 1.29 is 37.6 Å². The molecule has 0 aromatic heterocycles. The molecule has 0 saturated heterocycles. The van der Waals surface area contributed by atoms with Crippen molar-refractivity contribution in [3.05, 3.63) is 60.8 Å². The minimum absolute atomic E-state index is 0.228. The lowest BCUT2D eigenvalue weighted by atomic mass is 10.1. The Hall–Kier alpha value is -2.25. The predicted molar refractivity (Wildman–Crippen MR) is 207 cm³/mol. The number of rotatable bonds is 35. The van der Waals surface area contributed by atoms with E-state index in [-0.39, 0.29) is 25.4 Å². The number of carbonyl (C=O) groups is 2. The van der Waals surface area contributed by atoms with Crippen LogP contribution in [-0.2, 0) is 32.7 Å². The number of allylic oxidation sites excluding steroid dienone is 10. The lowest BCUT2D eigenvalue weighted by Gasteiger charge is -2.19. The molecule has 0 aliphatic rings. The highest BCUT2D eigenvalue weighted by molar-refractivity contribution is 7.47. The van der Waals surface area contributed by atoms with Gasteiger partial charge in [0, 0.05) is 20.0 Å². The van der Waals surface area contributed by atoms with Crippen LogP contribution in [0.2, 0.25) is 0 Å². The molecule has 0 aromatic rings. The van der Waals surface area contributed by atoms with Gasteiger partial charge in [0.25, 0.3) is 0 Å². The molecule has 2 atom stereocenters. The molecule has 9 heteroatoms. The highest BCUT2D eigenvalue weighted by atomic mass is 31.2. The lowest BCUT2D eigenvalue weighted by molar-refractivity contribution is -0.161. The Labute approximate surface area is 305 Å². The SMILES string of the molecule is CC/C=C\C/C=C\C/C=C\CCCCCCCCCC(=O)OC(COC(=O)CCCCCCC/C=C\C/C=C\CCCC)COP(=O)(O)OC. The standard InChI is InChI=1S/C41H71O8P/c1-4-6-8-10-12-14-16-18-20-21-22-24-26-28-30-32-34-36-41(43)49-39(38-48-50(44,45)46-3)37-47-40(42)35-33-31-29-27-25-23-19-17-15-13-11-9-7-5-2/h6,8,11-14,17-20,39H,4-5,7,9-10,15-16,21-38H2,1-3H3,(H,44,45)/b8-6-,13-11-,14-12-,19-17-,20-18-. The first-order valence-electron chi connectivity index (χ1n) is 19.5. The van der Waals surface area contributed by atoms with Gasteiger partial charge in [0.15, 0.2) is 6.10 Å². The first kappa shape index (κ1) is 47.8. The molecule has 0 saturated carbocycles. The van der Waals surface area contributed by atoms with E-state index in [0.717, 1.165) is 97.0 Å². The van der Waals surface area contributed by atoms with Crippen LogP contribution < -0.4 is 0 Å². The van der Waals surface area contributed by atoms with Crippen molar-refractivity contribution >= 4 is 19.8 Å². The van der Waals surface area contributed by atoms with Gasteiger partial charge in [-0.25, -0.2) is 4.57 Å². The van der Waals surface area contributed by atoms with Crippen LogP contribution in [0.15, 0.2) is 60.8 Å². The van der Waals surface area contributed by atoms with Gasteiger partial charge in [-0.05, 0) is 70.6 Å². The van der Waals surface area contributed by atoms with Crippen molar-refractivity contribution in [1.29, 1.82) is 0 Å². The molecule has 0 rings (SSSR count). The molecule has 0 fully saturated rings. The van der Waals surface area contributed by atoms with Crippen LogP contribution in [0.4, 0.5) is 0 Å². The molecule has 0 aliphatic heterocycles. The molecule has 0 bridgehead atoms. The van der Waals surface area contributed by atoms with E-state index in [0.29, 0.717) is 6.42 Å². The molecule has 0 aliphatic carbocycles. The Bertz CT molecular complexity index is 1000. The third kappa shape index (κ3) is 35.6. The van der Waals surface area contributed by atoms with Crippen molar-refractivity contribution in [2.24, 2.45) is 0 Å². The van der Waals surface area contributed by atoms with E-state index in [9.17, 15) is 19.0 Å². The summed E-state index contributed by atoms with van der Waals surface area (Å²) < 4.78 is 31.9. The summed E-state index contributed by atoms with van der Waals surface area (Å²) in [6, 6.07) is 0. The summed E-state index contributed by atoms with van der Waals surface area (Å²) >= 11 is 0. The predicted octanol–water partition coefficient (Wildman–Crippen LogP) is 12.0. The summed E-state index contributed by atoms with van der Waals surface area (Å²) in [5.74, 6) is -0.837. The van der Waals surface area contributed by atoms with Crippen LogP contribution in [-0.4, -0.2) is 43.3 Å². The minimum atomic E-state index is -4.27. The van der Waals surface area contributed by atoms with Crippen molar-refractivity contribution in [3.8, 4) is 0 Å². The van der Waals surface area contributed by atoms with Gasteiger partial charge in [0.2, 0.25) is 0 Å². The summed E-state index contributed by atoms with van der Waals surface area (Å²) in [5, 5.41) is 0. The van der Waals surface area contributed by atoms with E-state index in [2.05, 4.69) is 79.1 Å². The second-order valence-electron chi connectivity index (χ2n) is 12.7. The molecule has 1 N–H and O–H groups in total. The molecular formula is C41H71O8P. The molecule has 0 spiro atoms. The number of unbranched alkanes of at least 4 members (excludes halogenated alkanes) is 14. The Morgan fingerprint density at radius 1 is 0.580 bits per heavy atom. The van der Waals surface area contributed by atoms with Crippen molar-refractivity contribution in [3.63, 3.8) is 0 Å². The van der Waals surface area contributed by atoms with Gasteiger partial charge in [0.1, 0.15) is 6.61 Å². The Kier molecular flexibility index (Phi) is 34.9. The number of hydrogen-bond donors (Lipinski definition) is 1. The number of phosphoric acid groups is 1. The van der Waals surface area contributed by atoms with Crippen LogP contribution >= 0.6 is 7.82 Å². The normalized spacial score (nSPS) is 14.1. The summed E-state index contributed by atoms with van der Waals surface area (Å²) in [4.78, 5) is 34.4. The maximum absolute atomic E-state index is 12.5. The molecule has 0 heterocycles. The van der Waals surface area contributed by atoms with Gasteiger partial charge in [-0.2, -0.15) is 0 Å². The van der Waals surface area contributed by atoms with Gasteiger partial charge < -0.3 is 14.4 Å². The average Bonchev–Trinajstić information content (AvgIpc) is 3.10. The van der Waals surface area contributed by atoms with Gasteiger partial charge in [-0.15, -0.1) is 0 Å². The molecule has 0 radical (unpaired) electrons. The number of phosphoric ester groups is 1. The summed E-state index contributed by atoms with van der Waals surface area (Å²) in [6.45, 7) is 3.70. The van der Waals surface area contributed by atoms with Crippen LogP contribution in [0.3, 0.4) is 0 Å². The van der Waals surface area contributed by atoms with Gasteiger partial charge >= 0.3 is 19.8 Å². The van der Waals surface area contributed by atoms with E-state index >= 15 is 0 Å². The number of ether oxygens (including phenoxy) is 2. The second-order valence-corrected chi connectivity index (χ2v) is 14.2. The topological polar surface area (TPSA) is 108 Å². The Balaban J connectivity index is 4.09. The Morgan fingerprint density at radius 2 is 1.02 bits per heavy atom. The number of hydrogen-bond acceptors (Lipinski definition) is 7. The van der Waals surface area contributed by atoms with Gasteiger partial charge in [-0.3, -0.25) is 18.6 Å². The minimum Gasteiger partial charge on any atom is -0.462 e. The van der Waals surface area contributed by atoms with E-state index < -0.39 is 26.5 Å². The van der Waals surface area contributed by atoms with E-state index in [1.807, 2.05) is 0 Å². The highest BCUT2D eigenvalue weighted by Crippen LogP contribution is 2.42. The quantitative estimate of drug-likeness (QED) is 0.0298. The fraction of sp³-hybridized carbons (Fsp3) is 0.707. The highest BCUT2D eigenvalue weighted by Gasteiger charge is 2.24. The smallest absolute Gasteiger partial charge is 0.462 e. The molecule has 50 heavy (non-hydrogen) atoms. The first-order chi connectivity index (χ1) is 24.3. The molecule has 8 nitrogen and oxygen atoms in total. The zero-order chi connectivity index (χ0) is 36.8. The van der Waals surface area contributed by atoms with Gasteiger partial charge in [0.05, 0.1) is 6.61 Å². The summed E-state index contributed by atoms with van der Waals surface area (Å²) in [6.07, 6.45) is 44.1. The maximum Gasteiger partial charge on any atom is 0.472 e. The van der Waals surface area contributed by atoms with Crippen molar-refractivity contribution in [2.45, 2.75) is 168 Å². The van der Waals surface area contributed by atoms with E-state index in [4.69, 9.17) is 14.0 Å². The fourth-order valence-corrected chi connectivity index (χ4v) is 5.44. The number of esters is 2. The second kappa shape index (κ2) is 36.5. The zero-order valence-corrected chi connectivity index (χ0v) is 32.7. The third-order valence-corrected chi connectivity index (χ3v) is 8.93. The number of carbonyl (C=O) groups excluding carboxylic acids is 2. The third-order valence-electron chi connectivity index (χ3n) is 8.00. The molecule has 2 unspecified atom stereocenters. The fourth-order valence-electron chi connectivity index (χ4n) is 4.98. The molecular weight excluding hydrogens is 651 g/mol. The summed E-state index contributed by atoms with van der Waals surface area (Å²) in [5.41, 5.74) is 0. The first-order valence-corrected chi connectivity index (χ1v) is 21.0. The monoisotopic (exact) mass is 722 g/mol. The average molecular weight is 723 g/mol. The van der Waals surface area contributed by atoms with E-state index in [1.54, 1.807) is 0 Å². The molecule has 0 aromatic carbocycles. The molecule has 0 amide bonds. The van der Waals surface area contributed by atoms with Gasteiger partial charge in [-0.1, -0.05) is 139 Å². The van der Waals surface area contributed by atoms with Crippen molar-refractivity contribution in [1.82, 2.24) is 0 Å². The molecule has 288 valence electrons. The Morgan fingerprint density at radius 3 is 1.52 bits per heavy atom. The van der Waals surface area contributed by atoms with Crippen LogP contribution in [0, 0.1) is 0 Å². The van der Waals surface area contributed by atoms with Crippen LogP contribution in [0.25, 0.3) is 0 Å². The lowest BCUT2D eigenvalue weighted by Crippen LogP contribution is -2.29. The summed E-state index contributed by atoms with van der Waals surface area (Å²) in [7, 11) is -3.21. The van der Waals surface area contributed by atoms with Crippen LogP contribution in [0.1, 0.15) is 162 Å². The van der Waals surface area contributed by atoms with E-state index in [1.165, 1.54) is 38.5 Å². The maximum atomic E-state index is 12.5. The zero-order valence-electron chi connectivity index (χ0n) is 31.8. The largest absolute Gasteiger partial charge is 0.472 e. The van der Waals surface area contributed by atoms with Crippen molar-refractivity contribution in [2.75, 3.05) is 20.3 Å². The van der Waals surface area contributed by atoms with Crippen LogP contribution in [0.5, 0.6) is 0 Å².